The molecule has 2 rings (SSSR count). The van der Waals surface area contributed by atoms with Crippen LogP contribution in [0, 0.1) is 18.6 Å². The Morgan fingerprint density at radius 1 is 1.19 bits per heavy atom. The molecule has 2 atom stereocenters. The number of guanidine groups is 1. The zero-order valence-electron chi connectivity index (χ0n) is 17.1. The van der Waals surface area contributed by atoms with Gasteiger partial charge in [0.05, 0.1) is 5.75 Å². The Bertz CT molecular complexity index is 1210. The highest BCUT2D eigenvalue weighted by Crippen LogP contribution is 2.18. The number of primary amides is 1. The second-order valence-electron chi connectivity index (χ2n) is 6.85. The molecule has 11 nitrogen and oxygen atoms in total. The summed E-state index contributed by atoms with van der Waals surface area (Å²) in [7, 11) is -4.21. The van der Waals surface area contributed by atoms with Gasteiger partial charge in [0.25, 0.3) is 5.56 Å². The van der Waals surface area contributed by atoms with Crippen LogP contribution in [-0.2, 0) is 25.4 Å². The number of hydrogen-bond acceptors (Lipinski definition) is 6. The molecule has 1 amide bonds. The molecule has 1 aromatic heterocycles. The fraction of sp³-hybridized carbons (Fsp3) is 0.278. The molecule has 0 fully saturated rings. The number of rotatable bonds is 9. The summed E-state index contributed by atoms with van der Waals surface area (Å²) in [5.41, 5.74) is 14.7. The molecule has 0 bridgehead atoms. The lowest BCUT2D eigenvalue weighted by atomic mass is 10.1. The van der Waals surface area contributed by atoms with Crippen LogP contribution in [0.4, 0.5) is 14.5 Å². The van der Waals surface area contributed by atoms with Gasteiger partial charge >= 0.3 is 0 Å². The van der Waals surface area contributed by atoms with Gasteiger partial charge in [-0.1, -0.05) is 6.07 Å². The molecular weight excluding hydrogens is 450 g/mol. The van der Waals surface area contributed by atoms with Gasteiger partial charge in [0.15, 0.2) is 23.8 Å². The molecule has 14 heteroatoms. The summed E-state index contributed by atoms with van der Waals surface area (Å²) in [5, 5.41) is 3.33. The monoisotopic (exact) mass is 472 g/mol. The van der Waals surface area contributed by atoms with E-state index in [0.717, 1.165) is 22.8 Å². The van der Waals surface area contributed by atoms with E-state index < -0.39 is 62.7 Å². The van der Waals surface area contributed by atoms with Crippen LogP contribution in [0.1, 0.15) is 24.2 Å². The lowest BCUT2D eigenvalue weighted by Crippen LogP contribution is -2.42. The molecule has 2 unspecified atom stereocenters. The van der Waals surface area contributed by atoms with E-state index in [1.54, 1.807) is 0 Å². The first-order valence-corrected chi connectivity index (χ1v) is 10.7. The van der Waals surface area contributed by atoms with E-state index in [-0.39, 0.29) is 11.3 Å². The van der Waals surface area contributed by atoms with Crippen LogP contribution in [0.25, 0.3) is 0 Å². The van der Waals surface area contributed by atoms with Crippen molar-refractivity contribution in [1.82, 2.24) is 4.57 Å². The average Bonchev–Trinajstić information content (AvgIpc) is 2.67. The molecular formula is C18H22F2N6O5S. The van der Waals surface area contributed by atoms with Crippen molar-refractivity contribution in [3.63, 3.8) is 0 Å². The van der Waals surface area contributed by atoms with E-state index in [9.17, 15) is 26.8 Å². The van der Waals surface area contributed by atoms with Gasteiger partial charge in [0.2, 0.25) is 21.9 Å². The van der Waals surface area contributed by atoms with Crippen LogP contribution in [0.2, 0.25) is 0 Å². The Kier molecular flexibility index (Phi) is 7.40. The van der Waals surface area contributed by atoms with Gasteiger partial charge in [0, 0.05) is 5.69 Å². The summed E-state index contributed by atoms with van der Waals surface area (Å²) < 4.78 is 54.4. The highest BCUT2D eigenvalue weighted by Gasteiger charge is 2.30. The van der Waals surface area contributed by atoms with Crippen LogP contribution in [0.5, 0.6) is 0 Å². The Hall–Kier alpha value is -3.68. The van der Waals surface area contributed by atoms with E-state index in [1.807, 2.05) is 0 Å². The number of halogens is 2. The zero-order chi connectivity index (χ0) is 24.2. The quantitative estimate of drug-likeness (QED) is 0.225. The molecule has 1 aromatic carbocycles. The highest BCUT2D eigenvalue weighted by atomic mass is 32.2. The van der Waals surface area contributed by atoms with E-state index in [2.05, 4.69) is 9.88 Å². The number of pyridine rings is 1. The first-order valence-electron chi connectivity index (χ1n) is 9.03. The fourth-order valence-electron chi connectivity index (χ4n) is 2.89. The van der Waals surface area contributed by atoms with E-state index in [4.69, 9.17) is 22.0 Å². The number of amides is 1. The van der Waals surface area contributed by atoms with Crippen LogP contribution in [-0.4, -0.2) is 31.0 Å². The molecule has 0 saturated carbocycles. The van der Waals surface area contributed by atoms with E-state index >= 15 is 0 Å². The second kappa shape index (κ2) is 9.64. The normalized spacial score (nSPS) is 13.1. The summed E-state index contributed by atoms with van der Waals surface area (Å²) in [4.78, 5) is 30.0. The number of aryl methyl sites for hydroxylation is 1. The van der Waals surface area contributed by atoms with Crippen molar-refractivity contribution >= 4 is 27.6 Å². The third kappa shape index (κ3) is 5.94. The third-order valence-corrected chi connectivity index (χ3v) is 5.51. The lowest BCUT2D eigenvalue weighted by molar-refractivity contribution is -0.125. The molecule has 0 radical (unpaired) electrons. The summed E-state index contributed by atoms with van der Waals surface area (Å²) in [5.74, 6) is -4.47. The smallest absolute Gasteiger partial charge is 0.275 e. The molecule has 7 N–H and O–H groups in total. The molecule has 0 aliphatic heterocycles. The number of nitrogens with one attached hydrogen (secondary N) is 1. The molecule has 0 saturated heterocycles. The molecule has 1 heterocycles. The van der Waals surface area contributed by atoms with Crippen molar-refractivity contribution in [3.05, 3.63) is 63.6 Å². The molecule has 32 heavy (non-hydrogen) atoms. The van der Waals surface area contributed by atoms with Crippen LogP contribution in [0.15, 0.2) is 40.3 Å². The molecule has 2 aromatic rings. The number of anilines is 1. The number of nitrogens with zero attached hydrogens (tertiary/aromatic N) is 2. The van der Waals surface area contributed by atoms with E-state index in [1.165, 1.54) is 26.0 Å². The van der Waals surface area contributed by atoms with Gasteiger partial charge in [-0.05, 0) is 48.8 Å². The second-order valence-corrected chi connectivity index (χ2v) is 8.57. The number of benzene rings is 1. The maximum absolute atomic E-state index is 13.4. The zero-order valence-corrected chi connectivity index (χ0v) is 17.9. The number of nitrogens with two attached hydrogens (primary N) is 3. The minimum absolute atomic E-state index is 0.0434. The van der Waals surface area contributed by atoms with Crippen molar-refractivity contribution in [2.24, 2.45) is 22.4 Å². The fourth-order valence-corrected chi connectivity index (χ4v) is 4.07. The standard InChI is InChI=1S/C18H22F2N6O5S/c1-9-3-6-14(25-32(29,30)8-11-4-5-12(19)13(20)7-11)17(28)26(9)15(16(21)27)10(2)31-24-18(22)23/h3-7,10,15,25H,8H2,1-2H3,(H2,21,27)(H4,22,23,24). The van der Waals surface area contributed by atoms with Crippen LogP contribution >= 0.6 is 0 Å². The molecule has 174 valence electrons. The highest BCUT2D eigenvalue weighted by molar-refractivity contribution is 7.91. The predicted octanol–water partition coefficient (Wildman–Crippen LogP) is -0.00328. The Morgan fingerprint density at radius 2 is 1.84 bits per heavy atom. The topological polar surface area (TPSA) is 185 Å². The molecule has 0 aliphatic carbocycles. The minimum Gasteiger partial charge on any atom is -0.387 e. The summed E-state index contributed by atoms with van der Waals surface area (Å²) in [6.45, 7) is 2.87. The maximum atomic E-state index is 13.4. The summed E-state index contributed by atoms with van der Waals surface area (Å²) >= 11 is 0. The number of carbonyl (C=O) groups excluding carboxylic acids is 1. The Morgan fingerprint density at radius 3 is 2.41 bits per heavy atom. The van der Waals surface area contributed by atoms with Crippen LogP contribution < -0.4 is 27.5 Å². The van der Waals surface area contributed by atoms with Crippen molar-refractivity contribution in [2.45, 2.75) is 31.7 Å². The van der Waals surface area contributed by atoms with Gasteiger partial charge in [-0.25, -0.2) is 17.2 Å². The number of hydrogen-bond donors (Lipinski definition) is 4. The van der Waals surface area contributed by atoms with Crippen molar-refractivity contribution < 1.29 is 26.8 Å². The van der Waals surface area contributed by atoms with Gasteiger partial charge < -0.3 is 22.0 Å². The van der Waals surface area contributed by atoms with Gasteiger partial charge in [-0.3, -0.25) is 18.9 Å². The van der Waals surface area contributed by atoms with Crippen molar-refractivity contribution in [2.75, 3.05) is 4.72 Å². The molecule has 0 aliphatic rings. The average molecular weight is 472 g/mol. The number of sulfonamides is 1. The number of aromatic nitrogens is 1. The summed E-state index contributed by atoms with van der Waals surface area (Å²) in [6, 6.07) is 3.79. The van der Waals surface area contributed by atoms with Crippen LogP contribution in [0.3, 0.4) is 0 Å². The van der Waals surface area contributed by atoms with Crippen molar-refractivity contribution in [3.8, 4) is 0 Å². The summed E-state index contributed by atoms with van der Waals surface area (Å²) in [6.07, 6.45) is -1.10. The largest absolute Gasteiger partial charge is 0.387 e. The Balaban J connectivity index is 2.41. The van der Waals surface area contributed by atoms with E-state index in [0.29, 0.717) is 0 Å². The van der Waals surface area contributed by atoms with Gasteiger partial charge in [-0.15, -0.1) is 0 Å². The first kappa shape index (κ1) is 24.6. The van der Waals surface area contributed by atoms with Gasteiger partial charge in [-0.2, -0.15) is 0 Å². The number of oxime groups is 1. The third-order valence-electron chi connectivity index (χ3n) is 4.27. The Labute approximate surface area is 181 Å². The SMILES string of the molecule is Cc1ccc(NS(=O)(=O)Cc2ccc(F)c(F)c2)c(=O)n1C(C(N)=O)C(C)ON=C(N)N. The minimum atomic E-state index is -4.21. The maximum Gasteiger partial charge on any atom is 0.275 e. The lowest BCUT2D eigenvalue weighted by Gasteiger charge is -2.24. The first-order chi connectivity index (χ1) is 14.8. The van der Waals surface area contributed by atoms with Gasteiger partial charge in [0.1, 0.15) is 5.69 Å². The molecule has 0 spiro atoms. The number of carbonyl (C=O) groups is 1. The predicted molar refractivity (Wildman–Crippen MR) is 113 cm³/mol. The van der Waals surface area contributed by atoms with Crippen molar-refractivity contribution in [1.29, 1.82) is 0 Å².